The molecular weight excluding hydrogens is 254 g/mol. The zero-order valence-corrected chi connectivity index (χ0v) is 11.6. The lowest BCUT2D eigenvalue weighted by Crippen LogP contribution is -2.00. The molecule has 0 atom stereocenters. The number of fused-ring (bicyclic) bond motifs is 1. The minimum absolute atomic E-state index is 0.742. The molecule has 0 bridgehead atoms. The van der Waals surface area contributed by atoms with Gasteiger partial charge in [0.15, 0.2) is 0 Å². The summed E-state index contributed by atoms with van der Waals surface area (Å²) in [5, 5.41) is 4.51. The van der Waals surface area contributed by atoms with Gasteiger partial charge in [0.1, 0.15) is 5.01 Å². The highest BCUT2D eigenvalue weighted by Crippen LogP contribution is 2.23. The van der Waals surface area contributed by atoms with Crippen LogP contribution in [0.25, 0.3) is 10.9 Å². The van der Waals surface area contributed by atoms with E-state index in [0.29, 0.717) is 0 Å². The van der Waals surface area contributed by atoms with Gasteiger partial charge in [-0.2, -0.15) is 0 Å². The van der Waals surface area contributed by atoms with E-state index in [-0.39, 0.29) is 0 Å². The van der Waals surface area contributed by atoms with Crippen molar-refractivity contribution in [1.82, 2.24) is 9.55 Å². The molecule has 0 amide bonds. The molecule has 0 aliphatic heterocycles. The predicted octanol–water partition coefficient (Wildman–Crippen LogP) is 3.04. The summed E-state index contributed by atoms with van der Waals surface area (Å²) >= 11 is 1.70. The van der Waals surface area contributed by atoms with E-state index in [1.54, 1.807) is 11.3 Å². The molecule has 1 aromatic carbocycles. The number of aromatic nitrogens is 2. The van der Waals surface area contributed by atoms with Gasteiger partial charge < -0.3 is 10.3 Å². The molecule has 98 valence electrons. The van der Waals surface area contributed by atoms with E-state index in [4.69, 9.17) is 5.73 Å². The SMILES string of the molecule is NCCCc1cn(Cc2nccs2)c2ccccc12. The summed E-state index contributed by atoms with van der Waals surface area (Å²) in [5.74, 6) is 0. The maximum Gasteiger partial charge on any atom is 0.112 e. The lowest BCUT2D eigenvalue weighted by molar-refractivity contribution is 0.802. The molecule has 2 N–H and O–H groups in total. The number of rotatable bonds is 5. The zero-order valence-electron chi connectivity index (χ0n) is 10.7. The van der Waals surface area contributed by atoms with Crippen LogP contribution in [0, 0.1) is 0 Å². The van der Waals surface area contributed by atoms with Crippen LogP contribution in [0.5, 0.6) is 0 Å². The summed E-state index contributed by atoms with van der Waals surface area (Å²) in [6.07, 6.45) is 6.19. The first-order valence-corrected chi connectivity index (χ1v) is 7.41. The van der Waals surface area contributed by atoms with Gasteiger partial charge >= 0.3 is 0 Å². The topological polar surface area (TPSA) is 43.8 Å². The largest absolute Gasteiger partial charge is 0.340 e. The molecule has 0 unspecified atom stereocenters. The number of para-hydroxylation sites is 1. The number of nitrogens with zero attached hydrogens (tertiary/aromatic N) is 2. The zero-order chi connectivity index (χ0) is 13.1. The highest BCUT2D eigenvalue weighted by molar-refractivity contribution is 7.09. The smallest absolute Gasteiger partial charge is 0.112 e. The summed E-state index contributed by atoms with van der Waals surface area (Å²) in [7, 11) is 0. The van der Waals surface area contributed by atoms with Crippen molar-refractivity contribution in [3.63, 3.8) is 0 Å². The van der Waals surface area contributed by atoms with E-state index in [2.05, 4.69) is 40.0 Å². The maximum absolute atomic E-state index is 5.62. The molecule has 19 heavy (non-hydrogen) atoms. The quantitative estimate of drug-likeness (QED) is 0.775. The molecule has 0 aliphatic rings. The Bertz CT molecular complexity index is 655. The van der Waals surface area contributed by atoms with Gasteiger partial charge in [0.05, 0.1) is 6.54 Å². The van der Waals surface area contributed by atoms with E-state index in [0.717, 1.165) is 30.9 Å². The van der Waals surface area contributed by atoms with Gasteiger partial charge in [-0.1, -0.05) is 18.2 Å². The number of hydrogen-bond donors (Lipinski definition) is 1. The number of nitrogens with two attached hydrogens (primary N) is 1. The van der Waals surface area contributed by atoms with Gasteiger partial charge in [0, 0.05) is 28.7 Å². The Kier molecular flexibility index (Phi) is 3.62. The maximum atomic E-state index is 5.62. The highest BCUT2D eigenvalue weighted by atomic mass is 32.1. The Hall–Kier alpha value is -1.65. The first-order valence-electron chi connectivity index (χ1n) is 6.53. The summed E-state index contributed by atoms with van der Waals surface area (Å²) < 4.78 is 2.29. The molecule has 0 saturated carbocycles. The van der Waals surface area contributed by atoms with Crippen LogP contribution in [0.1, 0.15) is 17.0 Å². The number of aryl methyl sites for hydroxylation is 1. The van der Waals surface area contributed by atoms with Crippen molar-refractivity contribution in [2.45, 2.75) is 19.4 Å². The van der Waals surface area contributed by atoms with Gasteiger partial charge in [-0.3, -0.25) is 0 Å². The molecule has 4 heteroatoms. The average molecular weight is 271 g/mol. The Morgan fingerprint density at radius 3 is 2.95 bits per heavy atom. The van der Waals surface area contributed by atoms with Crippen LogP contribution in [0.3, 0.4) is 0 Å². The van der Waals surface area contributed by atoms with Crippen molar-refractivity contribution in [3.8, 4) is 0 Å². The molecule has 0 spiro atoms. The monoisotopic (exact) mass is 271 g/mol. The third kappa shape index (κ3) is 2.55. The van der Waals surface area contributed by atoms with Crippen LogP contribution >= 0.6 is 11.3 Å². The molecule has 2 aromatic heterocycles. The Morgan fingerprint density at radius 1 is 1.26 bits per heavy atom. The van der Waals surface area contributed by atoms with Crippen LogP contribution in [0.2, 0.25) is 0 Å². The first kappa shape index (κ1) is 12.4. The van der Waals surface area contributed by atoms with E-state index in [1.807, 2.05) is 11.6 Å². The lowest BCUT2D eigenvalue weighted by Gasteiger charge is -2.01. The average Bonchev–Trinajstić information content (AvgIpc) is 3.06. The third-order valence-electron chi connectivity index (χ3n) is 3.31. The van der Waals surface area contributed by atoms with Crippen molar-refractivity contribution in [1.29, 1.82) is 0 Å². The van der Waals surface area contributed by atoms with E-state index in [9.17, 15) is 0 Å². The van der Waals surface area contributed by atoms with Crippen molar-refractivity contribution >= 4 is 22.2 Å². The number of hydrogen-bond acceptors (Lipinski definition) is 3. The van der Waals surface area contributed by atoms with Crippen LogP contribution < -0.4 is 5.73 Å². The Balaban J connectivity index is 1.99. The van der Waals surface area contributed by atoms with E-state index >= 15 is 0 Å². The second-order valence-electron chi connectivity index (χ2n) is 4.62. The fourth-order valence-electron chi connectivity index (χ4n) is 2.42. The van der Waals surface area contributed by atoms with Crippen molar-refractivity contribution in [3.05, 3.63) is 52.6 Å². The van der Waals surface area contributed by atoms with Crippen molar-refractivity contribution in [2.75, 3.05) is 6.54 Å². The van der Waals surface area contributed by atoms with Crippen LogP contribution in [-0.4, -0.2) is 16.1 Å². The van der Waals surface area contributed by atoms with E-state index < -0.39 is 0 Å². The molecular formula is C15H17N3S. The molecule has 3 aromatic rings. The second-order valence-corrected chi connectivity index (χ2v) is 5.60. The summed E-state index contributed by atoms with van der Waals surface area (Å²) in [4.78, 5) is 4.37. The third-order valence-corrected chi connectivity index (χ3v) is 4.07. The normalized spacial score (nSPS) is 11.2. The lowest BCUT2D eigenvalue weighted by atomic mass is 10.1. The molecule has 0 saturated heterocycles. The minimum atomic E-state index is 0.742. The fraction of sp³-hybridized carbons (Fsp3) is 0.267. The summed E-state index contributed by atoms with van der Waals surface area (Å²) in [6.45, 7) is 1.59. The Labute approximate surface area is 116 Å². The summed E-state index contributed by atoms with van der Waals surface area (Å²) in [6, 6.07) is 8.56. The first-order chi connectivity index (χ1) is 9.38. The van der Waals surface area contributed by atoms with Gasteiger partial charge in [0.25, 0.3) is 0 Å². The van der Waals surface area contributed by atoms with Crippen LogP contribution in [0.4, 0.5) is 0 Å². The van der Waals surface area contributed by atoms with Crippen LogP contribution in [-0.2, 0) is 13.0 Å². The molecule has 0 aliphatic carbocycles. The Morgan fingerprint density at radius 2 is 2.16 bits per heavy atom. The molecule has 3 rings (SSSR count). The van der Waals surface area contributed by atoms with Gasteiger partial charge in [0.2, 0.25) is 0 Å². The second kappa shape index (κ2) is 5.55. The summed E-state index contributed by atoms with van der Waals surface area (Å²) in [5.41, 5.74) is 8.29. The van der Waals surface area contributed by atoms with Gasteiger partial charge in [-0.25, -0.2) is 4.98 Å². The van der Waals surface area contributed by atoms with Crippen LogP contribution in [0.15, 0.2) is 42.0 Å². The number of thiazole rings is 1. The van der Waals surface area contributed by atoms with Crippen molar-refractivity contribution in [2.24, 2.45) is 5.73 Å². The van der Waals surface area contributed by atoms with E-state index in [1.165, 1.54) is 16.5 Å². The van der Waals surface area contributed by atoms with Gasteiger partial charge in [-0.15, -0.1) is 11.3 Å². The molecule has 3 nitrogen and oxygen atoms in total. The minimum Gasteiger partial charge on any atom is -0.340 e. The molecule has 0 fully saturated rings. The molecule has 2 heterocycles. The highest BCUT2D eigenvalue weighted by Gasteiger charge is 2.08. The number of benzene rings is 1. The van der Waals surface area contributed by atoms with Gasteiger partial charge in [-0.05, 0) is 31.0 Å². The molecule has 0 radical (unpaired) electrons. The van der Waals surface area contributed by atoms with Crippen molar-refractivity contribution < 1.29 is 0 Å². The standard InChI is InChI=1S/C15H17N3S/c16-7-3-4-12-10-18(11-15-17-8-9-19-15)14-6-2-1-5-13(12)14/h1-2,5-6,8-10H,3-4,7,11,16H2. The fourth-order valence-corrected chi connectivity index (χ4v) is 3.04. The predicted molar refractivity (Wildman–Crippen MR) is 80.5 cm³/mol.